The Hall–Kier alpha value is -4.02. The van der Waals surface area contributed by atoms with E-state index >= 15 is 0 Å². The van der Waals surface area contributed by atoms with E-state index in [0.29, 0.717) is 12.0 Å². The molecule has 0 aliphatic carbocycles. The van der Waals surface area contributed by atoms with Gasteiger partial charge < -0.3 is 24.8 Å². The molecule has 0 fully saturated rings. The third-order valence-corrected chi connectivity index (χ3v) is 6.21. The highest BCUT2D eigenvalue weighted by Crippen LogP contribution is 2.29. The summed E-state index contributed by atoms with van der Waals surface area (Å²) in [4.78, 5) is 43.9. The lowest BCUT2D eigenvalue weighted by molar-refractivity contribution is -0.142. The fraction of sp³-hybridized carbons (Fsp3) is 0.393. The van der Waals surface area contributed by atoms with E-state index in [0.717, 1.165) is 28.6 Å². The second-order valence-electron chi connectivity index (χ2n) is 9.30. The number of fused-ring (bicyclic) bond motifs is 1. The third-order valence-electron chi connectivity index (χ3n) is 6.21. The van der Waals surface area contributed by atoms with Crippen molar-refractivity contribution in [3.8, 4) is 0 Å². The number of carbonyl (C=O) groups is 3. The number of hydrogen-bond donors (Lipinski definition) is 2. The molecule has 1 heterocycles. The Kier molecular flexibility index (Phi) is 9.97. The molecule has 3 amide bonds. The maximum Gasteiger partial charge on any atom is 0.416 e. The second kappa shape index (κ2) is 13.2. The molecule has 8 nitrogen and oxygen atoms in total. The Morgan fingerprint density at radius 1 is 1.05 bits per heavy atom. The van der Waals surface area contributed by atoms with Crippen LogP contribution in [0.3, 0.4) is 0 Å². The Bertz CT molecular complexity index is 1270. The van der Waals surface area contributed by atoms with E-state index in [9.17, 15) is 27.6 Å². The highest BCUT2D eigenvalue weighted by molar-refractivity contribution is 5.86. The number of carbonyl (C=O) groups excluding carboxylic acids is 3. The van der Waals surface area contributed by atoms with Crippen molar-refractivity contribution in [2.45, 2.75) is 46.0 Å². The van der Waals surface area contributed by atoms with Crippen molar-refractivity contribution >= 4 is 28.8 Å². The number of H-pyrrole nitrogens is 1. The minimum absolute atomic E-state index is 0.0652. The number of esters is 1. The number of urea groups is 1. The van der Waals surface area contributed by atoms with Crippen LogP contribution < -0.4 is 5.32 Å². The molecule has 0 atom stereocenters. The van der Waals surface area contributed by atoms with E-state index in [1.165, 1.54) is 21.9 Å². The summed E-state index contributed by atoms with van der Waals surface area (Å²) in [6.07, 6.45) is -2.10. The molecule has 0 bridgehead atoms. The van der Waals surface area contributed by atoms with Crippen LogP contribution in [0.1, 0.15) is 37.5 Å². The zero-order valence-corrected chi connectivity index (χ0v) is 22.2. The van der Waals surface area contributed by atoms with Gasteiger partial charge in [0.15, 0.2) is 0 Å². The first kappa shape index (κ1) is 29.5. The van der Waals surface area contributed by atoms with Crippen LogP contribution in [0.25, 0.3) is 10.9 Å². The number of aromatic amines is 1. The van der Waals surface area contributed by atoms with Crippen molar-refractivity contribution in [2.24, 2.45) is 0 Å². The summed E-state index contributed by atoms with van der Waals surface area (Å²) in [5, 5.41) is 3.48. The number of nitrogens with one attached hydrogen (secondary N) is 2. The number of benzene rings is 2. The van der Waals surface area contributed by atoms with Gasteiger partial charge in [0.05, 0.1) is 12.2 Å². The van der Waals surface area contributed by atoms with Gasteiger partial charge in [0.25, 0.3) is 0 Å². The van der Waals surface area contributed by atoms with Gasteiger partial charge in [0.2, 0.25) is 5.91 Å². The summed E-state index contributed by atoms with van der Waals surface area (Å²) < 4.78 is 43.9. The molecule has 0 saturated carbocycles. The van der Waals surface area contributed by atoms with Crippen molar-refractivity contribution in [1.82, 2.24) is 20.1 Å². The summed E-state index contributed by atoms with van der Waals surface area (Å²) in [7, 11) is 0. The molecular weight excluding hydrogens is 513 g/mol. The molecule has 0 saturated heterocycles. The number of ether oxygens (including phenoxy) is 1. The molecule has 0 radical (unpaired) electrons. The second-order valence-corrected chi connectivity index (χ2v) is 9.30. The zero-order valence-electron chi connectivity index (χ0n) is 22.2. The van der Waals surface area contributed by atoms with E-state index in [2.05, 4.69) is 10.3 Å². The van der Waals surface area contributed by atoms with Crippen molar-refractivity contribution in [2.75, 3.05) is 26.2 Å². The largest absolute Gasteiger partial charge is 0.465 e. The van der Waals surface area contributed by atoms with Crippen LogP contribution in [0.4, 0.5) is 18.0 Å². The lowest BCUT2D eigenvalue weighted by Gasteiger charge is -2.30. The monoisotopic (exact) mass is 546 g/mol. The van der Waals surface area contributed by atoms with Crippen molar-refractivity contribution in [3.05, 3.63) is 71.4 Å². The quantitative estimate of drug-likeness (QED) is 0.340. The van der Waals surface area contributed by atoms with Gasteiger partial charge in [-0.3, -0.25) is 9.59 Å². The lowest BCUT2D eigenvalue weighted by Crippen LogP contribution is -2.50. The van der Waals surface area contributed by atoms with E-state index in [1.807, 2.05) is 30.5 Å². The number of nitrogens with zero attached hydrogens (tertiary/aromatic N) is 2. The molecule has 2 N–H and O–H groups in total. The van der Waals surface area contributed by atoms with Crippen LogP contribution in [-0.2, 0) is 33.5 Å². The molecule has 1 aromatic heterocycles. The van der Waals surface area contributed by atoms with E-state index in [1.54, 1.807) is 20.8 Å². The van der Waals surface area contributed by atoms with E-state index in [4.69, 9.17) is 4.74 Å². The third kappa shape index (κ3) is 8.23. The number of halogens is 3. The smallest absolute Gasteiger partial charge is 0.416 e. The summed E-state index contributed by atoms with van der Waals surface area (Å²) >= 11 is 0. The molecule has 39 heavy (non-hydrogen) atoms. The minimum atomic E-state index is -4.46. The van der Waals surface area contributed by atoms with Crippen LogP contribution in [0.5, 0.6) is 0 Å². The summed E-state index contributed by atoms with van der Waals surface area (Å²) in [6, 6.07) is 11.5. The van der Waals surface area contributed by atoms with Gasteiger partial charge in [0, 0.05) is 36.2 Å². The molecule has 0 unspecified atom stereocenters. The Labute approximate surface area is 225 Å². The normalized spacial score (nSPS) is 11.5. The van der Waals surface area contributed by atoms with Crippen LogP contribution in [0, 0.1) is 0 Å². The SMILES string of the molecule is CCOC(=O)CNC(=O)N(CC(=O)N(CCc1c[nH]c2ccccc12)Cc1ccc(C(F)(F)F)cc1)C(C)C. The topological polar surface area (TPSA) is 94.7 Å². The molecule has 2 aromatic carbocycles. The van der Waals surface area contributed by atoms with Gasteiger partial charge >= 0.3 is 18.2 Å². The number of aromatic nitrogens is 1. The van der Waals surface area contributed by atoms with Crippen LogP contribution >= 0.6 is 0 Å². The summed E-state index contributed by atoms with van der Waals surface area (Å²) in [5.74, 6) is -0.974. The fourth-order valence-electron chi connectivity index (χ4n) is 4.10. The number of para-hydroxylation sites is 1. The lowest BCUT2D eigenvalue weighted by atomic mass is 10.1. The van der Waals surface area contributed by atoms with Crippen molar-refractivity contribution in [1.29, 1.82) is 0 Å². The molecule has 0 aliphatic heterocycles. The van der Waals surface area contributed by atoms with Gasteiger partial charge in [-0.2, -0.15) is 13.2 Å². The minimum Gasteiger partial charge on any atom is -0.465 e. The first-order chi connectivity index (χ1) is 18.5. The number of alkyl halides is 3. The molecule has 0 aliphatic rings. The van der Waals surface area contributed by atoms with Gasteiger partial charge in [-0.25, -0.2) is 4.79 Å². The Morgan fingerprint density at radius 3 is 2.38 bits per heavy atom. The molecule has 3 aromatic rings. The molecule has 3 rings (SSSR count). The van der Waals surface area contributed by atoms with Crippen LogP contribution in [-0.4, -0.2) is 65.0 Å². The molecule has 210 valence electrons. The van der Waals surface area contributed by atoms with Gasteiger partial charge in [0.1, 0.15) is 13.1 Å². The van der Waals surface area contributed by atoms with Crippen LogP contribution in [0.15, 0.2) is 54.7 Å². The Balaban J connectivity index is 1.77. The Morgan fingerprint density at radius 2 is 1.74 bits per heavy atom. The molecule has 0 spiro atoms. The highest BCUT2D eigenvalue weighted by atomic mass is 19.4. The standard InChI is InChI=1S/C28H33F3N4O4/c1-4-39-26(37)16-33-27(38)35(19(2)3)18-25(36)34(17-20-9-11-22(12-10-20)28(29,30)31)14-13-21-15-32-24-8-6-5-7-23(21)24/h5-12,15,19,32H,4,13-14,16-18H2,1-3H3,(H,33,38). The van der Waals surface area contributed by atoms with E-state index < -0.39 is 23.7 Å². The maximum atomic E-state index is 13.5. The first-order valence-electron chi connectivity index (χ1n) is 12.7. The van der Waals surface area contributed by atoms with Gasteiger partial charge in [-0.1, -0.05) is 30.3 Å². The molecule has 11 heteroatoms. The van der Waals surface area contributed by atoms with Gasteiger partial charge in [-0.05, 0) is 56.5 Å². The average molecular weight is 547 g/mol. The zero-order chi connectivity index (χ0) is 28.6. The van der Waals surface area contributed by atoms with Crippen LogP contribution in [0.2, 0.25) is 0 Å². The maximum absolute atomic E-state index is 13.5. The summed E-state index contributed by atoms with van der Waals surface area (Å²) in [6.45, 7) is 5.04. The number of rotatable bonds is 11. The number of hydrogen-bond acceptors (Lipinski definition) is 4. The van der Waals surface area contributed by atoms with Crippen molar-refractivity contribution < 1.29 is 32.3 Å². The fourth-order valence-corrected chi connectivity index (χ4v) is 4.10. The molecular formula is C28H33F3N4O4. The summed E-state index contributed by atoms with van der Waals surface area (Å²) in [5.41, 5.74) is 1.70. The predicted molar refractivity (Wildman–Crippen MR) is 141 cm³/mol. The van der Waals surface area contributed by atoms with Gasteiger partial charge in [-0.15, -0.1) is 0 Å². The number of amides is 3. The predicted octanol–water partition coefficient (Wildman–Crippen LogP) is 4.74. The highest BCUT2D eigenvalue weighted by Gasteiger charge is 2.30. The first-order valence-corrected chi connectivity index (χ1v) is 12.7. The average Bonchev–Trinajstić information content (AvgIpc) is 3.31. The van der Waals surface area contributed by atoms with E-state index in [-0.39, 0.29) is 44.7 Å². The van der Waals surface area contributed by atoms with Crippen molar-refractivity contribution in [3.63, 3.8) is 0 Å².